The van der Waals surface area contributed by atoms with Crippen LogP contribution in [0, 0.1) is 5.92 Å². The molecule has 3 N–H and O–H groups in total. The lowest BCUT2D eigenvalue weighted by Gasteiger charge is -2.30. The van der Waals surface area contributed by atoms with Gasteiger partial charge >= 0.3 is 12.1 Å². The molecule has 8 nitrogen and oxygen atoms in total. The van der Waals surface area contributed by atoms with Crippen LogP contribution in [0.5, 0.6) is 0 Å². The molecule has 1 atom stereocenters. The molecule has 1 unspecified atom stereocenters. The average Bonchev–Trinajstić information content (AvgIpc) is 3.64. The lowest BCUT2D eigenvalue weighted by molar-refractivity contribution is -0.138. The van der Waals surface area contributed by atoms with Gasteiger partial charge in [0.05, 0.1) is 25.2 Å². The molecular weight excluding hydrogens is 448 g/mol. The maximum atomic E-state index is 12.8. The summed E-state index contributed by atoms with van der Waals surface area (Å²) >= 11 is 0. The summed E-state index contributed by atoms with van der Waals surface area (Å²) in [5.41, 5.74) is 3.94. The molecule has 0 radical (unpaired) electrons. The van der Waals surface area contributed by atoms with Gasteiger partial charge in [-0.05, 0) is 47.9 Å². The first-order valence-corrected chi connectivity index (χ1v) is 12.1. The zero-order valence-corrected chi connectivity index (χ0v) is 19.9. The van der Waals surface area contributed by atoms with Crippen molar-refractivity contribution in [2.24, 2.45) is 5.92 Å². The van der Waals surface area contributed by atoms with Gasteiger partial charge in [0.2, 0.25) is 5.91 Å². The molecule has 2 aromatic rings. The van der Waals surface area contributed by atoms with Gasteiger partial charge in [-0.3, -0.25) is 9.59 Å². The van der Waals surface area contributed by atoms with E-state index in [9.17, 15) is 14.4 Å². The molecule has 2 amide bonds. The number of benzene rings is 2. The van der Waals surface area contributed by atoms with Crippen molar-refractivity contribution < 1.29 is 29.0 Å². The SMILES string of the molecule is CC(CC(=O)NCCOCCC(=O)O)(NC(=O)OCC1c2ccccc2-c2ccccc21)C1CC1. The summed E-state index contributed by atoms with van der Waals surface area (Å²) in [6.45, 7) is 2.73. The number of carbonyl (C=O) groups excluding carboxylic acids is 2. The van der Waals surface area contributed by atoms with Crippen LogP contribution in [0.2, 0.25) is 0 Å². The largest absolute Gasteiger partial charge is 0.481 e. The minimum Gasteiger partial charge on any atom is -0.481 e. The van der Waals surface area contributed by atoms with Crippen LogP contribution >= 0.6 is 0 Å². The van der Waals surface area contributed by atoms with Gasteiger partial charge in [0.15, 0.2) is 0 Å². The van der Waals surface area contributed by atoms with E-state index in [1.807, 2.05) is 31.2 Å². The van der Waals surface area contributed by atoms with Crippen molar-refractivity contribution in [3.63, 3.8) is 0 Å². The highest BCUT2D eigenvalue weighted by Crippen LogP contribution is 2.45. The first-order chi connectivity index (χ1) is 16.9. The van der Waals surface area contributed by atoms with Gasteiger partial charge in [0, 0.05) is 18.9 Å². The molecule has 2 aromatic carbocycles. The highest BCUT2D eigenvalue weighted by atomic mass is 16.5. The molecule has 8 heteroatoms. The number of hydrogen-bond donors (Lipinski definition) is 3. The first-order valence-electron chi connectivity index (χ1n) is 12.1. The second kappa shape index (κ2) is 10.9. The van der Waals surface area contributed by atoms with Crippen LogP contribution in [0.25, 0.3) is 11.1 Å². The van der Waals surface area contributed by atoms with Gasteiger partial charge in [0.25, 0.3) is 0 Å². The van der Waals surface area contributed by atoms with E-state index >= 15 is 0 Å². The second-order valence-corrected chi connectivity index (χ2v) is 9.43. The smallest absolute Gasteiger partial charge is 0.407 e. The number of carboxylic acids is 1. The zero-order valence-electron chi connectivity index (χ0n) is 19.9. The van der Waals surface area contributed by atoms with Crippen molar-refractivity contribution in [3.05, 3.63) is 59.7 Å². The Bertz CT molecular complexity index is 1040. The highest BCUT2D eigenvalue weighted by molar-refractivity contribution is 5.80. The van der Waals surface area contributed by atoms with Crippen LogP contribution < -0.4 is 10.6 Å². The quantitative estimate of drug-likeness (QED) is 0.399. The highest BCUT2D eigenvalue weighted by Gasteiger charge is 2.44. The normalized spacial score (nSPS) is 16.0. The number of carbonyl (C=O) groups is 3. The van der Waals surface area contributed by atoms with E-state index in [0.29, 0.717) is 0 Å². The van der Waals surface area contributed by atoms with Gasteiger partial charge in [-0.2, -0.15) is 0 Å². The topological polar surface area (TPSA) is 114 Å². The van der Waals surface area contributed by atoms with Crippen LogP contribution in [0.3, 0.4) is 0 Å². The van der Waals surface area contributed by atoms with E-state index in [2.05, 4.69) is 34.9 Å². The van der Waals surface area contributed by atoms with E-state index in [0.717, 1.165) is 24.0 Å². The number of carboxylic acid groups (broad SMARTS) is 1. The lowest BCUT2D eigenvalue weighted by Crippen LogP contribution is -2.51. The van der Waals surface area contributed by atoms with E-state index in [4.69, 9.17) is 14.6 Å². The molecule has 1 fully saturated rings. The first kappa shape index (κ1) is 24.7. The van der Waals surface area contributed by atoms with E-state index < -0.39 is 17.6 Å². The third-order valence-electron chi connectivity index (χ3n) is 6.77. The van der Waals surface area contributed by atoms with Gasteiger partial charge in [0.1, 0.15) is 6.61 Å². The number of hydrogen-bond acceptors (Lipinski definition) is 5. The summed E-state index contributed by atoms with van der Waals surface area (Å²) in [6, 6.07) is 16.4. The monoisotopic (exact) mass is 480 g/mol. The molecule has 0 spiro atoms. The maximum absolute atomic E-state index is 12.8. The Morgan fingerprint density at radius 1 is 1.00 bits per heavy atom. The summed E-state index contributed by atoms with van der Waals surface area (Å²) in [6.07, 6.45) is 1.44. The van der Waals surface area contributed by atoms with Crippen LogP contribution in [-0.4, -0.2) is 55.0 Å². The predicted octanol–water partition coefficient (Wildman–Crippen LogP) is 3.69. The minimum atomic E-state index is -0.923. The van der Waals surface area contributed by atoms with Crippen LogP contribution in [-0.2, 0) is 19.1 Å². The molecule has 0 saturated heterocycles. The van der Waals surface area contributed by atoms with Crippen molar-refractivity contribution in [2.45, 2.75) is 44.1 Å². The van der Waals surface area contributed by atoms with Gasteiger partial charge in [-0.1, -0.05) is 48.5 Å². The Hall–Kier alpha value is -3.39. The molecule has 0 heterocycles. The second-order valence-electron chi connectivity index (χ2n) is 9.43. The Morgan fingerprint density at radius 3 is 2.23 bits per heavy atom. The van der Waals surface area contributed by atoms with Crippen molar-refractivity contribution in [1.29, 1.82) is 0 Å². The number of ether oxygens (including phenoxy) is 2. The Balaban J connectivity index is 1.28. The van der Waals surface area contributed by atoms with Crippen molar-refractivity contribution in [3.8, 4) is 11.1 Å². The summed E-state index contributed by atoms with van der Waals surface area (Å²) < 4.78 is 10.9. The molecule has 2 aliphatic rings. The third kappa shape index (κ3) is 6.19. The maximum Gasteiger partial charge on any atom is 0.407 e. The van der Waals surface area contributed by atoms with E-state index in [1.165, 1.54) is 11.1 Å². The van der Waals surface area contributed by atoms with Crippen molar-refractivity contribution in [1.82, 2.24) is 10.6 Å². The van der Waals surface area contributed by atoms with E-state index in [1.54, 1.807) is 0 Å². The molecule has 4 rings (SSSR count). The molecule has 0 aliphatic heterocycles. The lowest BCUT2D eigenvalue weighted by atomic mass is 9.91. The minimum absolute atomic E-state index is 0.0234. The zero-order chi connectivity index (χ0) is 24.8. The number of aliphatic carboxylic acids is 1. The summed E-state index contributed by atoms with van der Waals surface area (Å²) in [5, 5.41) is 14.3. The summed E-state index contributed by atoms with van der Waals surface area (Å²) in [4.78, 5) is 35.8. The van der Waals surface area contributed by atoms with Gasteiger partial charge in [-0.15, -0.1) is 0 Å². The average molecular weight is 481 g/mol. The molecule has 0 bridgehead atoms. The van der Waals surface area contributed by atoms with Crippen LogP contribution in [0.1, 0.15) is 49.7 Å². The number of nitrogens with one attached hydrogen (secondary N) is 2. The van der Waals surface area contributed by atoms with Crippen molar-refractivity contribution in [2.75, 3.05) is 26.4 Å². The third-order valence-corrected chi connectivity index (χ3v) is 6.77. The standard InChI is InChI=1S/C27H32N2O6/c1-27(18-10-11-18,16-24(30)28-13-15-34-14-12-25(31)32)29-26(33)35-17-23-21-8-4-2-6-19(21)20-7-3-5-9-22(20)23/h2-9,18,23H,10-17H2,1H3,(H,28,30)(H,29,33)(H,31,32). The Kier molecular flexibility index (Phi) is 7.70. The van der Waals surface area contributed by atoms with E-state index in [-0.39, 0.29) is 57.0 Å². The van der Waals surface area contributed by atoms with Crippen LogP contribution in [0.4, 0.5) is 4.79 Å². The number of amides is 2. The van der Waals surface area contributed by atoms with Gasteiger partial charge in [-0.25, -0.2) is 4.79 Å². The van der Waals surface area contributed by atoms with Crippen LogP contribution in [0.15, 0.2) is 48.5 Å². The van der Waals surface area contributed by atoms with Gasteiger partial charge < -0.3 is 25.2 Å². The van der Waals surface area contributed by atoms with Crippen molar-refractivity contribution >= 4 is 18.0 Å². The summed E-state index contributed by atoms with van der Waals surface area (Å²) in [7, 11) is 0. The Morgan fingerprint density at radius 2 is 1.63 bits per heavy atom. The Labute approximate surface area is 205 Å². The molecule has 186 valence electrons. The molecule has 0 aromatic heterocycles. The fourth-order valence-corrected chi connectivity index (χ4v) is 4.80. The number of alkyl carbamates (subject to hydrolysis) is 1. The number of rotatable bonds is 12. The molecular formula is C27H32N2O6. The predicted molar refractivity (Wildman–Crippen MR) is 130 cm³/mol. The molecule has 2 aliphatic carbocycles. The fraction of sp³-hybridized carbons (Fsp3) is 0.444. The molecule has 35 heavy (non-hydrogen) atoms. The summed E-state index contributed by atoms with van der Waals surface area (Å²) in [5.74, 6) is -0.918. The number of fused-ring (bicyclic) bond motifs is 3. The molecule has 1 saturated carbocycles. The fourth-order valence-electron chi connectivity index (χ4n) is 4.80.